The molecule has 1 heterocycles. The van der Waals surface area contributed by atoms with Crippen molar-refractivity contribution in [3.63, 3.8) is 0 Å². The summed E-state index contributed by atoms with van der Waals surface area (Å²) in [5, 5.41) is 5.59. The minimum absolute atomic E-state index is 0.827. The fraction of sp³-hybridized carbons (Fsp3) is 0. The van der Waals surface area contributed by atoms with Gasteiger partial charge in [0.15, 0.2) is 0 Å². The maximum atomic E-state index is 6.87. The predicted molar refractivity (Wildman–Crippen MR) is 175 cm³/mol. The summed E-state index contributed by atoms with van der Waals surface area (Å²) >= 11 is 0. The SMILES string of the molecule is C(=N\c1ccccc1)/c1cccc2c1oc1c(P(=Nc3ccccc3)(c3ccccc3)c3ccccc3)cccc12. The highest BCUT2D eigenvalue weighted by Gasteiger charge is 2.31. The molecule has 6 aromatic carbocycles. The summed E-state index contributed by atoms with van der Waals surface area (Å²) in [6, 6.07) is 54.3. The molecule has 0 fully saturated rings. The smallest absolute Gasteiger partial charge is 0.145 e. The lowest BCUT2D eigenvalue weighted by Gasteiger charge is -2.27. The van der Waals surface area contributed by atoms with Crippen molar-refractivity contribution in [3.8, 4) is 0 Å². The van der Waals surface area contributed by atoms with Gasteiger partial charge in [-0.05, 0) is 36.4 Å². The Kier molecular flexibility index (Phi) is 6.64. The molecule has 196 valence electrons. The number of aliphatic imine (C=N–C) groups is 1. The van der Waals surface area contributed by atoms with Crippen molar-refractivity contribution in [2.24, 2.45) is 9.74 Å². The molecule has 0 aliphatic rings. The van der Waals surface area contributed by atoms with E-state index >= 15 is 0 Å². The predicted octanol–water partition coefficient (Wildman–Crippen LogP) is 9.15. The molecule has 3 nitrogen and oxygen atoms in total. The van der Waals surface area contributed by atoms with Gasteiger partial charge in [0, 0.05) is 38.5 Å². The molecule has 1 aromatic heterocycles. The van der Waals surface area contributed by atoms with E-state index in [9.17, 15) is 0 Å². The van der Waals surface area contributed by atoms with Gasteiger partial charge in [0.1, 0.15) is 11.2 Å². The topological polar surface area (TPSA) is 37.9 Å². The average Bonchev–Trinajstić information content (AvgIpc) is 3.44. The second-order valence-electron chi connectivity index (χ2n) is 9.82. The number of hydrogen-bond acceptors (Lipinski definition) is 3. The van der Waals surface area contributed by atoms with Crippen molar-refractivity contribution in [2.45, 2.75) is 0 Å². The molecule has 0 aliphatic carbocycles. The van der Waals surface area contributed by atoms with Crippen LogP contribution in [0.2, 0.25) is 0 Å². The molecule has 0 amide bonds. The maximum Gasteiger partial charge on any atom is 0.145 e. The van der Waals surface area contributed by atoms with Crippen LogP contribution in [0.25, 0.3) is 21.9 Å². The Hall–Kier alpha value is -4.98. The highest BCUT2D eigenvalue weighted by Crippen LogP contribution is 2.51. The molecule has 7 rings (SSSR count). The Bertz CT molecular complexity index is 1990. The number of para-hydroxylation sites is 3. The first kappa shape index (κ1) is 25.0. The molecule has 0 spiro atoms. The van der Waals surface area contributed by atoms with E-state index in [-0.39, 0.29) is 0 Å². The average molecular weight is 547 g/mol. The van der Waals surface area contributed by atoms with E-state index in [0.29, 0.717) is 0 Å². The van der Waals surface area contributed by atoms with Crippen molar-refractivity contribution in [1.29, 1.82) is 0 Å². The summed E-state index contributed by atoms with van der Waals surface area (Å²) < 4.78 is 12.5. The number of benzene rings is 6. The Morgan fingerprint density at radius 3 is 1.59 bits per heavy atom. The molecular weight excluding hydrogens is 519 g/mol. The van der Waals surface area contributed by atoms with Crippen LogP contribution in [-0.2, 0) is 0 Å². The summed E-state index contributed by atoms with van der Waals surface area (Å²) in [5.74, 6) is 0. The van der Waals surface area contributed by atoms with Gasteiger partial charge in [-0.2, -0.15) is 0 Å². The summed E-state index contributed by atoms with van der Waals surface area (Å²) in [6.07, 6.45) is 1.89. The number of nitrogens with zero attached hydrogens (tertiary/aromatic N) is 2. The molecule has 7 aromatic rings. The Morgan fingerprint density at radius 2 is 0.976 bits per heavy atom. The van der Waals surface area contributed by atoms with Gasteiger partial charge < -0.3 is 4.42 Å². The van der Waals surface area contributed by atoms with E-state index < -0.39 is 7.05 Å². The minimum Gasteiger partial charge on any atom is -0.455 e. The summed E-state index contributed by atoms with van der Waals surface area (Å²) in [6.45, 7) is 0. The lowest BCUT2D eigenvalue weighted by Crippen LogP contribution is -2.25. The van der Waals surface area contributed by atoms with Crippen LogP contribution < -0.4 is 15.9 Å². The van der Waals surface area contributed by atoms with Crippen molar-refractivity contribution in [2.75, 3.05) is 0 Å². The number of hydrogen-bond donors (Lipinski definition) is 0. The van der Waals surface area contributed by atoms with Crippen molar-refractivity contribution in [1.82, 2.24) is 0 Å². The van der Waals surface area contributed by atoms with Gasteiger partial charge in [0.05, 0.1) is 18.4 Å². The minimum atomic E-state index is -2.56. The summed E-state index contributed by atoms with van der Waals surface area (Å²) in [7, 11) is -2.56. The molecular formula is C37H27N2OP. The van der Waals surface area contributed by atoms with Gasteiger partial charge in [0.2, 0.25) is 0 Å². The fourth-order valence-electron chi connectivity index (χ4n) is 5.39. The quantitative estimate of drug-likeness (QED) is 0.151. The second-order valence-corrected chi connectivity index (χ2v) is 12.8. The zero-order valence-corrected chi connectivity index (χ0v) is 23.2. The Labute approximate surface area is 239 Å². The Balaban J connectivity index is 1.56. The molecule has 0 unspecified atom stereocenters. The van der Waals surface area contributed by atoms with Crippen molar-refractivity contribution >= 4 is 62.5 Å². The number of rotatable bonds is 6. The summed E-state index contributed by atoms with van der Waals surface area (Å²) in [5.41, 5.74) is 4.48. The first-order valence-corrected chi connectivity index (χ1v) is 15.4. The van der Waals surface area contributed by atoms with Gasteiger partial charge >= 0.3 is 0 Å². The van der Waals surface area contributed by atoms with Gasteiger partial charge in [-0.15, -0.1) is 0 Å². The fourth-order valence-corrected chi connectivity index (χ4v) is 9.04. The molecule has 0 aliphatic heterocycles. The molecule has 0 bridgehead atoms. The van der Waals surface area contributed by atoms with E-state index in [1.807, 2.05) is 54.7 Å². The molecule has 0 saturated heterocycles. The molecule has 0 saturated carbocycles. The first-order chi connectivity index (χ1) is 20.3. The van der Waals surface area contributed by atoms with Gasteiger partial charge in [0.25, 0.3) is 0 Å². The van der Waals surface area contributed by atoms with Gasteiger partial charge in [-0.1, -0.05) is 121 Å². The number of fused-ring (bicyclic) bond motifs is 3. The molecule has 0 N–H and O–H groups in total. The lowest BCUT2D eigenvalue weighted by atomic mass is 10.1. The second kappa shape index (κ2) is 10.9. The standard InChI is InChI=1S/C37H27N2OP/c1-5-16-29(17-6-1)38-27-28-15-13-24-33-34-25-14-26-35(37(34)40-36(28)33)41(31-20-9-3-10-21-31,32-22-11-4-12-23-32)39-30-18-7-2-8-19-30/h1-27H/b38-27+. The molecule has 0 atom stereocenters. The van der Waals surface area contributed by atoms with Gasteiger partial charge in [-0.3, -0.25) is 9.74 Å². The number of furan rings is 1. The van der Waals surface area contributed by atoms with Crippen LogP contribution in [0.3, 0.4) is 0 Å². The van der Waals surface area contributed by atoms with Crippen LogP contribution in [0.15, 0.2) is 172 Å². The third kappa shape index (κ3) is 4.61. The van der Waals surface area contributed by atoms with Crippen LogP contribution >= 0.6 is 7.05 Å². The summed E-state index contributed by atoms with van der Waals surface area (Å²) in [4.78, 5) is 4.72. The first-order valence-electron chi connectivity index (χ1n) is 13.7. The van der Waals surface area contributed by atoms with E-state index in [1.54, 1.807) is 0 Å². The van der Waals surface area contributed by atoms with E-state index in [1.165, 1.54) is 10.6 Å². The molecule has 0 radical (unpaired) electrons. The maximum absolute atomic E-state index is 6.87. The lowest BCUT2D eigenvalue weighted by molar-refractivity contribution is 0.671. The molecule has 4 heteroatoms. The van der Waals surface area contributed by atoms with Crippen LogP contribution in [0.1, 0.15) is 5.56 Å². The van der Waals surface area contributed by atoms with Gasteiger partial charge in [-0.25, -0.2) is 0 Å². The highest BCUT2D eigenvalue weighted by molar-refractivity contribution is 7.87. The normalized spacial score (nSPS) is 11.8. The zero-order valence-electron chi connectivity index (χ0n) is 22.3. The third-order valence-corrected chi connectivity index (χ3v) is 10.9. The van der Waals surface area contributed by atoms with E-state index in [4.69, 9.17) is 14.2 Å². The van der Waals surface area contributed by atoms with Crippen LogP contribution in [0, 0.1) is 0 Å². The van der Waals surface area contributed by atoms with Crippen molar-refractivity contribution < 1.29 is 4.42 Å². The molecule has 41 heavy (non-hydrogen) atoms. The third-order valence-electron chi connectivity index (χ3n) is 7.27. The zero-order chi connectivity index (χ0) is 27.5. The van der Waals surface area contributed by atoms with Crippen LogP contribution in [-0.4, -0.2) is 6.21 Å². The monoisotopic (exact) mass is 546 g/mol. The van der Waals surface area contributed by atoms with Crippen LogP contribution in [0.4, 0.5) is 11.4 Å². The largest absolute Gasteiger partial charge is 0.455 e. The Morgan fingerprint density at radius 1 is 0.463 bits per heavy atom. The highest BCUT2D eigenvalue weighted by atomic mass is 31.2. The van der Waals surface area contributed by atoms with Crippen LogP contribution in [0.5, 0.6) is 0 Å². The van der Waals surface area contributed by atoms with Crippen molar-refractivity contribution in [3.05, 3.63) is 163 Å². The van der Waals surface area contributed by atoms with E-state index in [0.717, 1.165) is 44.2 Å². The van der Waals surface area contributed by atoms with E-state index in [2.05, 4.69) is 109 Å².